The molecule has 0 spiro atoms. The van der Waals surface area contributed by atoms with Crippen LogP contribution >= 0.6 is 0 Å². The van der Waals surface area contributed by atoms with Gasteiger partial charge >= 0.3 is 0 Å². The summed E-state index contributed by atoms with van der Waals surface area (Å²) < 4.78 is 0. The minimum atomic E-state index is 0.838. The molecule has 2 rings (SSSR count). The molecule has 2 heterocycles. The van der Waals surface area contributed by atoms with Crippen molar-refractivity contribution in [1.82, 2.24) is 9.97 Å². The Morgan fingerprint density at radius 1 is 1.43 bits per heavy atom. The van der Waals surface area contributed by atoms with Gasteiger partial charge in [-0.3, -0.25) is 0 Å². The second-order valence-corrected chi connectivity index (χ2v) is 3.53. The highest BCUT2D eigenvalue weighted by Crippen LogP contribution is 2.20. The minimum absolute atomic E-state index is 0.838. The molecule has 14 heavy (non-hydrogen) atoms. The van der Waals surface area contributed by atoms with E-state index >= 15 is 0 Å². The van der Waals surface area contributed by atoms with Crippen molar-refractivity contribution in [2.75, 3.05) is 29.9 Å². The van der Waals surface area contributed by atoms with Gasteiger partial charge in [-0.05, 0) is 20.3 Å². The van der Waals surface area contributed by atoms with Gasteiger partial charge in [-0.2, -0.15) is 0 Å². The van der Waals surface area contributed by atoms with Crippen LogP contribution in [0.3, 0.4) is 0 Å². The summed E-state index contributed by atoms with van der Waals surface area (Å²) in [7, 11) is 0. The number of aryl methyl sites for hydroxylation is 1. The lowest BCUT2D eigenvalue weighted by Gasteiger charge is -2.32. The van der Waals surface area contributed by atoms with Crippen molar-refractivity contribution in [3.8, 4) is 0 Å². The molecule has 4 heteroatoms. The topological polar surface area (TPSA) is 41.0 Å². The lowest BCUT2D eigenvalue weighted by molar-refractivity contribution is 0.608. The molecule has 0 atom stereocenters. The van der Waals surface area contributed by atoms with Crippen LogP contribution in [-0.4, -0.2) is 29.6 Å². The van der Waals surface area contributed by atoms with Gasteiger partial charge in [0, 0.05) is 25.7 Å². The summed E-state index contributed by atoms with van der Waals surface area (Å²) in [5.74, 6) is 2.83. The molecule has 1 aliphatic rings. The molecule has 0 aliphatic carbocycles. The van der Waals surface area contributed by atoms with Crippen LogP contribution in [0.25, 0.3) is 0 Å². The molecule has 1 aromatic rings. The van der Waals surface area contributed by atoms with Gasteiger partial charge in [-0.1, -0.05) is 0 Å². The average molecular weight is 192 g/mol. The van der Waals surface area contributed by atoms with Crippen molar-refractivity contribution < 1.29 is 0 Å². The SMILES string of the molecule is CCNc1cc(N2CCC2)nc(C)n1. The maximum atomic E-state index is 4.41. The molecule has 76 valence electrons. The number of nitrogens with one attached hydrogen (secondary N) is 1. The maximum Gasteiger partial charge on any atom is 0.134 e. The summed E-state index contributed by atoms with van der Waals surface area (Å²) in [6.45, 7) is 7.16. The van der Waals surface area contributed by atoms with Crippen LogP contribution in [0.4, 0.5) is 11.6 Å². The number of aromatic nitrogens is 2. The predicted molar refractivity (Wildman–Crippen MR) is 57.8 cm³/mol. The highest BCUT2D eigenvalue weighted by atomic mass is 15.2. The van der Waals surface area contributed by atoms with Gasteiger partial charge in [0.25, 0.3) is 0 Å². The fourth-order valence-corrected chi connectivity index (χ4v) is 1.53. The molecule has 1 fully saturated rings. The van der Waals surface area contributed by atoms with E-state index in [1.807, 2.05) is 13.0 Å². The largest absolute Gasteiger partial charge is 0.370 e. The minimum Gasteiger partial charge on any atom is -0.370 e. The molecule has 1 aliphatic heterocycles. The van der Waals surface area contributed by atoms with E-state index in [4.69, 9.17) is 0 Å². The summed E-state index contributed by atoms with van der Waals surface area (Å²) in [6, 6.07) is 2.02. The number of hydrogen-bond acceptors (Lipinski definition) is 4. The van der Waals surface area contributed by atoms with Gasteiger partial charge in [-0.25, -0.2) is 9.97 Å². The molecule has 0 radical (unpaired) electrons. The van der Waals surface area contributed by atoms with Crippen molar-refractivity contribution in [3.63, 3.8) is 0 Å². The molecule has 0 unspecified atom stereocenters. The van der Waals surface area contributed by atoms with Crippen LogP contribution in [0.5, 0.6) is 0 Å². The summed E-state index contributed by atoms with van der Waals surface area (Å²) >= 11 is 0. The van der Waals surface area contributed by atoms with Crippen molar-refractivity contribution in [1.29, 1.82) is 0 Å². The third-order valence-electron chi connectivity index (χ3n) is 2.36. The van der Waals surface area contributed by atoms with Crippen LogP contribution in [0.15, 0.2) is 6.07 Å². The molecule has 1 N–H and O–H groups in total. The van der Waals surface area contributed by atoms with E-state index in [1.54, 1.807) is 0 Å². The molecule has 0 bridgehead atoms. The molecule has 4 nitrogen and oxygen atoms in total. The van der Waals surface area contributed by atoms with Gasteiger partial charge in [-0.15, -0.1) is 0 Å². The van der Waals surface area contributed by atoms with Crippen LogP contribution < -0.4 is 10.2 Å². The Morgan fingerprint density at radius 2 is 2.21 bits per heavy atom. The zero-order valence-electron chi connectivity index (χ0n) is 8.75. The number of hydrogen-bond donors (Lipinski definition) is 1. The van der Waals surface area contributed by atoms with E-state index in [9.17, 15) is 0 Å². The Morgan fingerprint density at radius 3 is 2.79 bits per heavy atom. The Labute approximate surface area is 84.4 Å². The third kappa shape index (κ3) is 1.78. The molecule has 1 saturated heterocycles. The smallest absolute Gasteiger partial charge is 0.134 e. The van der Waals surface area contributed by atoms with E-state index in [1.165, 1.54) is 6.42 Å². The van der Waals surface area contributed by atoms with E-state index in [2.05, 4.69) is 27.1 Å². The van der Waals surface area contributed by atoms with Gasteiger partial charge in [0.05, 0.1) is 0 Å². The first-order chi connectivity index (χ1) is 6.79. The fraction of sp³-hybridized carbons (Fsp3) is 0.600. The van der Waals surface area contributed by atoms with Crippen LogP contribution in [0.1, 0.15) is 19.2 Å². The molecule has 0 saturated carbocycles. The first-order valence-electron chi connectivity index (χ1n) is 5.14. The predicted octanol–water partition coefficient (Wildman–Crippen LogP) is 1.43. The van der Waals surface area contributed by atoms with Gasteiger partial charge < -0.3 is 10.2 Å². The Kier molecular flexibility index (Phi) is 2.52. The van der Waals surface area contributed by atoms with E-state index < -0.39 is 0 Å². The summed E-state index contributed by atoms with van der Waals surface area (Å²) in [4.78, 5) is 11.0. The van der Waals surface area contributed by atoms with Gasteiger partial charge in [0.15, 0.2) is 0 Å². The second kappa shape index (κ2) is 3.82. The zero-order valence-corrected chi connectivity index (χ0v) is 8.75. The zero-order chi connectivity index (χ0) is 9.97. The first kappa shape index (κ1) is 9.24. The number of anilines is 2. The average Bonchev–Trinajstić information content (AvgIpc) is 1.99. The highest BCUT2D eigenvalue weighted by molar-refractivity contribution is 5.50. The Balaban J connectivity index is 2.21. The standard InChI is InChI=1S/C10H16N4/c1-3-11-9-7-10(13-8(2)12-9)14-5-4-6-14/h7H,3-6H2,1-2H3,(H,11,12,13). The Bertz CT molecular complexity index is 320. The van der Waals surface area contributed by atoms with E-state index in [-0.39, 0.29) is 0 Å². The first-order valence-corrected chi connectivity index (χ1v) is 5.14. The monoisotopic (exact) mass is 192 g/mol. The van der Waals surface area contributed by atoms with Crippen molar-refractivity contribution in [3.05, 3.63) is 11.9 Å². The maximum absolute atomic E-state index is 4.41. The molecule has 0 aromatic carbocycles. The second-order valence-electron chi connectivity index (χ2n) is 3.53. The van der Waals surface area contributed by atoms with Gasteiger partial charge in [0.2, 0.25) is 0 Å². The highest BCUT2D eigenvalue weighted by Gasteiger charge is 2.16. The van der Waals surface area contributed by atoms with Crippen LogP contribution in [-0.2, 0) is 0 Å². The molecular formula is C10H16N4. The molecular weight excluding hydrogens is 176 g/mol. The fourth-order valence-electron chi connectivity index (χ4n) is 1.53. The van der Waals surface area contributed by atoms with Crippen molar-refractivity contribution in [2.24, 2.45) is 0 Å². The van der Waals surface area contributed by atoms with E-state index in [0.29, 0.717) is 0 Å². The normalized spacial score (nSPS) is 15.1. The number of nitrogens with zero attached hydrogens (tertiary/aromatic N) is 3. The van der Waals surface area contributed by atoms with Crippen LogP contribution in [0, 0.1) is 6.92 Å². The molecule has 0 amide bonds. The molecule has 1 aromatic heterocycles. The lowest BCUT2D eigenvalue weighted by atomic mass is 10.2. The van der Waals surface area contributed by atoms with Crippen LogP contribution in [0.2, 0.25) is 0 Å². The van der Waals surface area contributed by atoms with Gasteiger partial charge in [0.1, 0.15) is 17.5 Å². The summed E-state index contributed by atoms with van der Waals surface area (Å²) in [5, 5.41) is 3.21. The quantitative estimate of drug-likeness (QED) is 0.786. The van der Waals surface area contributed by atoms with Crippen molar-refractivity contribution in [2.45, 2.75) is 20.3 Å². The summed E-state index contributed by atoms with van der Waals surface area (Å²) in [5.41, 5.74) is 0. The summed E-state index contributed by atoms with van der Waals surface area (Å²) in [6.07, 6.45) is 1.28. The lowest BCUT2D eigenvalue weighted by Crippen LogP contribution is -2.37. The third-order valence-corrected chi connectivity index (χ3v) is 2.36. The number of rotatable bonds is 3. The Hall–Kier alpha value is -1.32. The van der Waals surface area contributed by atoms with E-state index in [0.717, 1.165) is 37.1 Å². The van der Waals surface area contributed by atoms with Crippen molar-refractivity contribution >= 4 is 11.6 Å².